The Morgan fingerprint density at radius 1 is 1.06 bits per heavy atom. The number of aromatic nitrogens is 5. The highest BCUT2D eigenvalue weighted by atomic mass is 19.1. The Bertz CT molecular complexity index is 1430. The summed E-state index contributed by atoms with van der Waals surface area (Å²) < 4.78 is 17.8. The third-order valence-corrected chi connectivity index (χ3v) is 5.03. The number of anilines is 2. The van der Waals surface area contributed by atoms with Crippen LogP contribution in [0.4, 0.5) is 15.9 Å². The molecule has 0 aliphatic rings. The van der Waals surface area contributed by atoms with E-state index in [1.807, 2.05) is 30.3 Å². The molecule has 8 nitrogen and oxygen atoms in total. The predicted octanol–water partition coefficient (Wildman–Crippen LogP) is 3.61. The minimum atomic E-state index is -0.503. The molecule has 32 heavy (non-hydrogen) atoms. The van der Waals surface area contributed by atoms with Gasteiger partial charge in [0.15, 0.2) is 11.6 Å². The second-order valence-electron chi connectivity index (χ2n) is 7.23. The third-order valence-electron chi connectivity index (χ3n) is 5.03. The van der Waals surface area contributed by atoms with Crippen molar-refractivity contribution in [2.45, 2.75) is 6.54 Å². The number of amides is 1. The van der Waals surface area contributed by atoms with Crippen LogP contribution in [0.5, 0.6) is 0 Å². The first kappa shape index (κ1) is 19.4. The summed E-state index contributed by atoms with van der Waals surface area (Å²) in [5.74, 6) is -0.662. The number of hydrogen-bond acceptors (Lipinski definition) is 5. The highest BCUT2D eigenvalue weighted by molar-refractivity contribution is 6.04. The van der Waals surface area contributed by atoms with Crippen molar-refractivity contribution >= 4 is 22.9 Å². The van der Waals surface area contributed by atoms with E-state index in [1.165, 1.54) is 16.9 Å². The fraction of sp³-hybridized carbons (Fsp3) is 0.0435. The predicted molar refractivity (Wildman–Crippen MR) is 119 cm³/mol. The summed E-state index contributed by atoms with van der Waals surface area (Å²) in [4.78, 5) is 16.7. The van der Waals surface area contributed by atoms with Crippen molar-refractivity contribution < 1.29 is 9.18 Å². The number of nitrogens with one attached hydrogen (secondary N) is 1. The van der Waals surface area contributed by atoms with Crippen LogP contribution in [0.15, 0.2) is 79.4 Å². The van der Waals surface area contributed by atoms with Gasteiger partial charge in [0.2, 0.25) is 0 Å². The van der Waals surface area contributed by atoms with E-state index >= 15 is 0 Å². The van der Waals surface area contributed by atoms with Crippen molar-refractivity contribution in [2.75, 3.05) is 11.1 Å². The maximum absolute atomic E-state index is 14.7. The molecule has 0 atom stereocenters. The summed E-state index contributed by atoms with van der Waals surface area (Å²) in [5, 5.41) is 11.2. The first-order chi connectivity index (χ1) is 15.6. The lowest BCUT2D eigenvalue weighted by Crippen LogP contribution is -2.11. The molecular weight excluding hydrogens is 409 g/mol. The van der Waals surface area contributed by atoms with Gasteiger partial charge in [0, 0.05) is 23.4 Å². The van der Waals surface area contributed by atoms with Crippen LogP contribution in [0.1, 0.15) is 15.9 Å². The van der Waals surface area contributed by atoms with Crippen molar-refractivity contribution in [2.24, 2.45) is 0 Å². The van der Waals surface area contributed by atoms with Gasteiger partial charge in [0.1, 0.15) is 17.5 Å². The zero-order valence-corrected chi connectivity index (χ0v) is 16.8. The zero-order chi connectivity index (χ0) is 22.1. The third kappa shape index (κ3) is 3.67. The molecule has 0 unspecified atom stereocenters. The van der Waals surface area contributed by atoms with E-state index < -0.39 is 5.82 Å². The van der Waals surface area contributed by atoms with Gasteiger partial charge in [-0.25, -0.2) is 13.9 Å². The molecule has 0 spiro atoms. The summed E-state index contributed by atoms with van der Waals surface area (Å²) in [5.41, 5.74) is 8.92. The Labute approximate surface area is 182 Å². The molecule has 2 aromatic carbocycles. The Balaban J connectivity index is 1.38. The molecule has 0 saturated carbocycles. The fourth-order valence-corrected chi connectivity index (χ4v) is 3.54. The molecule has 3 aromatic heterocycles. The SMILES string of the molecule is Nc1ncnn2c(-c3cccc(C(=O)Nc4cnn(Cc5ccccc5)c4)c3)c(F)cc12. The molecule has 0 saturated heterocycles. The number of rotatable bonds is 5. The second kappa shape index (κ2) is 7.95. The van der Waals surface area contributed by atoms with Gasteiger partial charge in [-0.1, -0.05) is 42.5 Å². The van der Waals surface area contributed by atoms with Gasteiger partial charge >= 0.3 is 0 Å². The Morgan fingerprint density at radius 3 is 2.75 bits per heavy atom. The van der Waals surface area contributed by atoms with Crippen LogP contribution in [-0.4, -0.2) is 30.3 Å². The molecule has 5 rings (SSSR count). The van der Waals surface area contributed by atoms with Crippen molar-refractivity contribution in [3.8, 4) is 11.3 Å². The summed E-state index contributed by atoms with van der Waals surface area (Å²) >= 11 is 0. The summed E-state index contributed by atoms with van der Waals surface area (Å²) in [7, 11) is 0. The Hall–Kier alpha value is -4.53. The maximum atomic E-state index is 14.7. The number of fused-ring (bicyclic) bond motifs is 1. The molecule has 0 aliphatic heterocycles. The van der Waals surface area contributed by atoms with Crippen LogP contribution in [0.25, 0.3) is 16.8 Å². The van der Waals surface area contributed by atoms with Gasteiger partial charge in [-0.3, -0.25) is 9.48 Å². The highest BCUT2D eigenvalue weighted by Crippen LogP contribution is 2.28. The molecule has 9 heteroatoms. The monoisotopic (exact) mass is 427 g/mol. The molecule has 0 bridgehead atoms. The summed E-state index contributed by atoms with van der Waals surface area (Å²) in [6, 6.07) is 17.8. The molecule has 3 heterocycles. The number of nitrogens with zero attached hydrogens (tertiary/aromatic N) is 5. The average molecular weight is 427 g/mol. The van der Waals surface area contributed by atoms with E-state index in [0.29, 0.717) is 28.9 Å². The topological polar surface area (TPSA) is 103 Å². The zero-order valence-electron chi connectivity index (χ0n) is 16.8. The first-order valence-electron chi connectivity index (χ1n) is 9.84. The Kier molecular flexibility index (Phi) is 4.83. The minimum Gasteiger partial charge on any atom is -0.382 e. The van der Waals surface area contributed by atoms with Gasteiger partial charge in [-0.2, -0.15) is 10.2 Å². The van der Waals surface area contributed by atoms with Crippen LogP contribution in [0.2, 0.25) is 0 Å². The fourth-order valence-electron chi connectivity index (χ4n) is 3.54. The number of benzene rings is 2. The molecule has 1 amide bonds. The summed E-state index contributed by atoms with van der Waals surface area (Å²) in [6.45, 7) is 0.595. The number of carbonyl (C=O) groups is 1. The van der Waals surface area contributed by atoms with E-state index in [9.17, 15) is 9.18 Å². The molecule has 0 radical (unpaired) electrons. The van der Waals surface area contributed by atoms with Crippen molar-refractivity contribution in [1.29, 1.82) is 0 Å². The molecule has 158 valence electrons. The normalized spacial score (nSPS) is 11.0. The van der Waals surface area contributed by atoms with Crippen LogP contribution in [0.3, 0.4) is 0 Å². The van der Waals surface area contributed by atoms with Crippen LogP contribution in [0, 0.1) is 5.82 Å². The van der Waals surface area contributed by atoms with Crippen molar-refractivity contribution in [3.63, 3.8) is 0 Å². The smallest absolute Gasteiger partial charge is 0.255 e. The van der Waals surface area contributed by atoms with E-state index in [4.69, 9.17) is 5.73 Å². The van der Waals surface area contributed by atoms with E-state index in [2.05, 4.69) is 20.5 Å². The average Bonchev–Trinajstić information content (AvgIpc) is 3.38. The van der Waals surface area contributed by atoms with E-state index in [0.717, 1.165) is 5.56 Å². The highest BCUT2D eigenvalue weighted by Gasteiger charge is 2.17. The van der Waals surface area contributed by atoms with Crippen LogP contribution < -0.4 is 11.1 Å². The van der Waals surface area contributed by atoms with E-state index in [-0.39, 0.29) is 17.4 Å². The first-order valence-corrected chi connectivity index (χ1v) is 9.84. The number of hydrogen-bond donors (Lipinski definition) is 2. The number of halogens is 1. The van der Waals surface area contributed by atoms with Gasteiger partial charge in [-0.15, -0.1) is 0 Å². The quantitative estimate of drug-likeness (QED) is 0.446. The number of carbonyl (C=O) groups excluding carboxylic acids is 1. The lowest BCUT2D eigenvalue weighted by Gasteiger charge is -2.07. The standard InChI is InChI=1S/C23H18FN7O/c24-19-10-20-22(25)26-14-28-31(20)21(19)16-7-4-8-17(9-16)23(32)29-18-11-27-30(13-18)12-15-5-2-1-3-6-15/h1-11,13-14H,12H2,(H,29,32)(H2,25,26,28). The van der Waals surface area contributed by atoms with Crippen molar-refractivity contribution in [3.05, 3.63) is 96.3 Å². The van der Waals surface area contributed by atoms with Gasteiger partial charge in [0.25, 0.3) is 5.91 Å². The minimum absolute atomic E-state index is 0.173. The number of nitrogens with two attached hydrogens (primary N) is 1. The second-order valence-corrected chi connectivity index (χ2v) is 7.23. The van der Waals surface area contributed by atoms with E-state index in [1.54, 1.807) is 41.3 Å². The van der Waals surface area contributed by atoms with Crippen molar-refractivity contribution in [1.82, 2.24) is 24.4 Å². The lowest BCUT2D eigenvalue weighted by atomic mass is 10.1. The van der Waals surface area contributed by atoms with Gasteiger partial charge < -0.3 is 11.1 Å². The summed E-state index contributed by atoms with van der Waals surface area (Å²) in [6.07, 6.45) is 4.61. The van der Waals surface area contributed by atoms with Crippen LogP contribution >= 0.6 is 0 Å². The molecule has 5 aromatic rings. The molecular formula is C23H18FN7O. The maximum Gasteiger partial charge on any atom is 0.255 e. The molecule has 3 N–H and O–H groups in total. The molecule has 0 aliphatic carbocycles. The van der Waals surface area contributed by atoms with Gasteiger partial charge in [0.05, 0.1) is 18.4 Å². The largest absolute Gasteiger partial charge is 0.382 e. The lowest BCUT2D eigenvalue weighted by molar-refractivity contribution is 0.102. The van der Waals surface area contributed by atoms with Crippen LogP contribution in [-0.2, 0) is 6.54 Å². The Morgan fingerprint density at radius 2 is 1.91 bits per heavy atom. The van der Waals surface area contributed by atoms with Gasteiger partial charge in [-0.05, 0) is 17.7 Å². The molecule has 0 fully saturated rings. The number of nitrogen functional groups attached to an aromatic ring is 1.